The first kappa shape index (κ1) is 16.7. The van der Waals surface area contributed by atoms with Gasteiger partial charge in [0.1, 0.15) is 6.54 Å². The summed E-state index contributed by atoms with van der Waals surface area (Å²) in [5, 5.41) is 6.86. The van der Waals surface area contributed by atoms with E-state index in [9.17, 15) is 9.59 Å². The van der Waals surface area contributed by atoms with Gasteiger partial charge in [0.05, 0.1) is 11.8 Å². The van der Waals surface area contributed by atoms with Gasteiger partial charge < -0.3 is 10.1 Å². The Hall–Kier alpha value is -2.70. The topological polar surface area (TPSA) is 86.1 Å². The third-order valence-electron chi connectivity index (χ3n) is 2.92. The largest absolute Gasteiger partial charge is 0.475 e. The predicted molar refractivity (Wildman–Crippen MR) is 86.2 cm³/mol. The molecule has 0 aromatic carbocycles. The highest BCUT2D eigenvalue weighted by atomic mass is 16.5. The van der Waals surface area contributed by atoms with Crippen LogP contribution in [-0.2, 0) is 11.3 Å². The molecule has 2 aromatic heterocycles. The van der Waals surface area contributed by atoms with E-state index in [1.165, 1.54) is 6.07 Å². The number of amides is 1. The molecule has 0 fully saturated rings. The molecule has 0 saturated carbocycles. The fourth-order valence-electron chi connectivity index (χ4n) is 1.95. The summed E-state index contributed by atoms with van der Waals surface area (Å²) >= 11 is 0. The van der Waals surface area contributed by atoms with Gasteiger partial charge >= 0.3 is 0 Å². The number of rotatable bonds is 6. The van der Waals surface area contributed by atoms with Gasteiger partial charge in [-0.25, -0.2) is 9.67 Å². The van der Waals surface area contributed by atoms with Gasteiger partial charge in [-0.3, -0.25) is 9.59 Å². The van der Waals surface area contributed by atoms with Gasteiger partial charge in [0, 0.05) is 30.4 Å². The molecule has 7 heteroatoms. The summed E-state index contributed by atoms with van der Waals surface area (Å²) in [6.45, 7) is 6.07. The van der Waals surface area contributed by atoms with E-state index >= 15 is 0 Å². The molecule has 2 aromatic rings. The number of ether oxygens (including phenoxy) is 1. The Morgan fingerprint density at radius 1 is 1.30 bits per heavy atom. The van der Waals surface area contributed by atoms with E-state index in [4.69, 9.17) is 4.74 Å². The summed E-state index contributed by atoms with van der Waals surface area (Å²) in [4.78, 5) is 27.6. The minimum Gasteiger partial charge on any atom is -0.475 e. The molecule has 7 nitrogen and oxygen atoms in total. The van der Waals surface area contributed by atoms with Crippen LogP contribution in [0, 0.1) is 0 Å². The molecule has 0 atom stereocenters. The number of carbonyl (C=O) groups is 1. The van der Waals surface area contributed by atoms with E-state index in [1.807, 2.05) is 26.8 Å². The van der Waals surface area contributed by atoms with E-state index in [0.717, 1.165) is 10.2 Å². The van der Waals surface area contributed by atoms with Crippen molar-refractivity contribution in [3.05, 3.63) is 40.8 Å². The van der Waals surface area contributed by atoms with Gasteiger partial charge in [-0.2, -0.15) is 5.10 Å². The van der Waals surface area contributed by atoms with Gasteiger partial charge in [-0.05, 0) is 32.9 Å². The van der Waals surface area contributed by atoms with Crippen molar-refractivity contribution in [2.75, 3.05) is 6.54 Å². The highest BCUT2D eigenvalue weighted by Crippen LogP contribution is 2.17. The molecule has 0 saturated heterocycles. The maximum Gasteiger partial charge on any atom is 0.267 e. The minimum atomic E-state index is -0.326. The second kappa shape index (κ2) is 7.53. The molecule has 0 aliphatic carbocycles. The number of carbonyl (C=O) groups excluding carboxylic acids is 1. The molecule has 2 rings (SSSR count). The Balaban J connectivity index is 2.23. The second-order valence-corrected chi connectivity index (χ2v) is 5.22. The number of pyridine rings is 1. The molecular formula is C16H20N4O3. The zero-order chi connectivity index (χ0) is 16.8. The van der Waals surface area contributed by atoms with E-state index in [1.54, 1.807) is 18.3 Å². The Morgan fingerprint density at radius 3 is 2.70 bits per heavy atom. The summed E-state index contributed by atoms with van der Waals surface area (Å²) in [5.41, 5.74) is 0.982. The van der Waals surface area contributed by atoms with Crippen LogP contribution in [0.5, 0.6) is 5.88 Å². The van der Waals surface area contributed by atoms with Crippen LogP contribution in [0.25, 0.3) is 11.3 Å². The summed E-state index contributed by atoms with van der Waals surface area (Å²) in [5.74, 6) is 0.275. The van der Waals surface area contributed by atoms with Crippen LogP contribution in [0.4, 0.5) is 0 Å². The third-order valence-corrected chi connectivity index (χ3v) is 2.92. The van der Waals surface area contributed by atoms with Crippen molar-refractivity contribution in [1.29, 1.82) is 0 Å². The van der Waals surface area contributed by atoms with E-state index in [-0.39, 0.29) is 24.1 Å². The fourth-order valence-corrected chi connectivity index (χ4v) is 1.95. The molecular weight excluding hydrogens is 296 g/mol. The first-order valence-electron chi connectivity index (χ1n) is 7.47. The van der Waals surface area contributed by atoms with Crippen LogP contribution in [0.3, 0.4) is 0 Å². The van der Waals surface area contributed by atoms with Crippen LogP contribution in [0.2, 0.25) is 0 Å². The zero-order valence-corrected chi connectivity index (χ0v) is 13.4. The van der Waals surface area contributed by atoms with E-state index in [2.05, 4.69) is 15.4 Å². The maximum atomic E-state index is 11.8. The lowest BCUT2D eigenvalue weighted by Crippen LogP contribution is -2.33. The standard InChI is InChI=1S/C16H20N4O3/c1-4-17-14(21)10-20-16(22)8-6-13(19-20)12-5-7-15(18-9-12)23-11(2)3/h5-9,11H,4,10H2,1-3H3,(H,17,21). The van der Waals surface area contributed by atoms with Gasteiger partial charge in [-0.15, -0.1) is 0 Å². The summed E-state index contributed by atoms with van der Waals surface area (Å²) in [6, 6.07) is 6.56. The zero-order valence-electron chi connectivity index (χ0n) is 13.4. The van der Waals surface area contributed by atoms with Crippen molar-refractivity contribution < 1.29 is 9.53 Å². The summed E-state index contributed by atoms with van der Waals surface area (Å²) in [7, 11) is 0. The van der Waals surface area contributed by atoms with Crippen molar-refractivity contribution in [1.82, 2.24) is 20.1 Å². The normalized spacial score (nSPS) is 10.6. The third kappa shape index (κ3) is 4.64. The SMILES string of the molecule is CCNC(=O)Cn1nc(-c2ccc(OC(C)C)nc2)ccc1=O. The van der Waals surface area contributed by atoms with Crippen LogP contribution >= 0.6 is 0 Å². The van der Waals surface area contributed by atoms with Gasteiger partial charge in [0.25, 0.3) is 5.56 Å². The molecule has 0 aliphatic rings. The van der Waals surface area contributed by atoms with Crippen LogP contribution in [0.15, 0.2) is 35.3 Å². The van der Waals surface area contributed by atoms with Crippen LogP contribution < -0.4 is 15.6 Å². The van der Waals surface area contributed by atoms with Crippen molar-refractivity contribution in [2.45, 2.75) is 33.4 Å². The Kier molecular flexibility index (Phi) is 5.46. The fraction of sp³-hybridized carbons (Fsp3) is 0.375. The van der Waals surface area contributed by atoms with Gasteiger partial charge in [0.15, 0.2) is 0 Å². The molecule has 122 valence electrons. The number of hydrogen-bond acceptors (Lipinski definition) is 5. The summed E-state index contributed by atoms with van der Waals surface area (Å²) < 4.78 is 6.63. The first-order chi connectivity index (χ1) is 11.0. The molecule has 23 heavy (non-hydrogen) atoms. The smallest absolute Gasteiger partial charge is 0.267 e. The molecule has 0 spiro atoms. The highest BCUT2D eigenvalue weighted by Gasteiger charge is 2.08. The molecule has 0 bridgehead atoms. The number of nitrogens with zero attached hydrogens (tertiary/aromatic N) is 3. The Bertz CT molecular complexity index is 723. The van der Waals surface area contributed by atoms with Crippen molar-refractivity contribution in [3.63, 3.8) is 0 Å². The lowest BCUT2D eigenvalue weighted by atomic mass is 10.2. The second-order valence-electron chi connectivity index (χ2n) is 5.22. The van der Waals surface area contributed by atoms with E-state index < -0.39 is 0 Å². The number of nitrogens with one attached hydrogen (secondary N) is 1. The molecule has 2 heterocycles. The first-order valence-corrected chi connectivity index (χ1v) is 7.47. The van der Waals surface area contributed by atoms with Crippen molar-refractivity contribution >= 4 is 5.91 Å². The average Bonchev–Trinajstić information content (AvgIpc) is 2.50. The lowest BCUT2D eigenvalue weighted by molar-refractivity contribution is -0.121. The molecule has 1 N–H and O–H groups in total. The van der Waals surface area contributed by atoms with Crippen LogP contribution in [-0.4, -0.2) is 33.3 Å². The summed E-state index contributed by atoms with van der Waals surface area (Å²) in [6.07, 6.45) is 1.67. The van der Waals surface area contributed by atoms with Crippen LogP contribution in [0.1, 0.15) is 20.8 Å². The Labute approximate surface area is 134 Å². The van der Waals surface area contributed by atoms with Gasteiger partial charge in [-0.1, -0.05) is 0 Å². The molecule has 0 unspecified atom stereocenters. The van der Waals surface area contributed by atoms with E-state index in [0.29, 0.717) is 18.1 Å². The number of likely N-dealkylation sites (N-methyl/N-ethyl adjacent to an activating group) is 1. The van der Waals surface area contributed by atoms with Gasteiger partial charge in [0.2, 0.25) is 11.8 Å². The minimum absolute atomic E-state index is 0.0467. The van der Waals surface area contributed by atoms with Crippen molar-refractivity contribution in [3.8, 4) is 17.1 Å². The molecule has 0 aliphatic heterocycles. The molecule has 1 amide bonds. The lowest BCUT2D eigenvalue weighted by Gasteiger charge is -2.09. The molecule has 0 radical (unpaired) electrons. The monoisotopic (exact) mass is 316 g/mol. The number of hydrogen-bond donors (Lipinski definition) is 1. The maximum absolute atomic E-state index is 11.8. The predicted octanol–water partition coefficient (Wildman–Crippen LogP) is 1.23. The van der Waals surface area contributed by atoms with Crippen molar-refractivity contribution in [2.24, 2.45) is 0 Å². The average molecular weight is 316 g/mol. The quantitative estimate of drug-likeness (QED) is 0.866. The Morgan fingerprint density at radius 2 is 2.09 bits per heavy atom. The number of aromatic nitrogens is 3. The highest BCUT2D eigenvalue weighted by molar-refractivity contribution is 5.75.